The highest BCUT2D eigenvalue weighted by atomic mass is 16.5. The quantitative estimate of drug-likeness (QED) is 0.722. The molecule has 1 atom stereocenters. The smallest absolute Gasteiger partial charge is 0.319 e. The van der Waals surface area contributed by atoms with Gasteiger partial charge in [0, 0.05) is 44.7 Å². The summed E-state index contributed by atoms with van der Waals surface area (Å²) in [6.07, 6.45) is 2.35. The first-order valence-electron chi connectivity index (χ1n) is 7.96. The van der Waals surface area contributed by atoms with Crippen molar-refractivity contribution >= 4 is 5.97 Å². The van der Waals surface area contributed by atoms with E-state index >= 15 is 0 Å². The first kappa shape index (κ1) is 17.2. The molecule has 0 saturated carbocycles. The van der Waals surface area contributed by atoms with E-state index in [0.29, 0.717) is 19.6 Å². The van der Waals surface area contributed by atoms with Crippen molar-refractivity contribution < 1.29 is 14.3 Å². The number of nitriles is 1. The first-order valence-corrected chi connectivity index (χ1v) is 7.96. The molecule has 0 N–H and O–H groups in total. The standard InChI is InChI=1S/C16H27N3O3/c1-15(2)12-16(5-10-22-15)13-18(7-4-6-17)8-9-19(16)11-14(20)21-3/h4-5,7-13H2,1-3H3/t16-/m1/s1. The molecule has 6 heteroatoms. The van der Waals surface area contributed by atoms with Gasteiger partial charge in [0.15, 0.2) is 0 Å². The lowest BCUT2D eigenvalue weighted by atomic mass is 9.78. The zero-order chi connectivity index (χ0) is 16.2. The van der Waals surface area contributed by atoms with Crippen LogP contribution in [0.15, 0.2) is 0 Å². The second kappa shape index (κ2) is 6.95. The number of ether oxygens (including phenoxy) is 2. The van der Waals surface area contributed by atoms with E-state index in [1.807, 2.05) is 0 Å². The summed E-state index contributed by atoms with van der Waals surface area (Å²) in [7, 11) is 1.44. The first-order chi connectivity index (χ1) is 10.4. The molecule has 0 aromatic rings. The molecule has 124 valence electrons. The molecule has 2 fully saturated rings. The number of carbonyl (C=O) groups is 1. The minimum Gasteiger partial charge on any atom is -0.468 e. The molecule has 0 aromatic carbocycles. The highest BCUT2D eigenvalue weighted by molar-refractivity contribution is 5.71. The maximum absolute atomic E-state index is 11.8. The molecule has 6 nitrogen and oxygen atoms in total. The summed E-state index contributed by atoms with van der Waals surface area (Å²) in [5.74, 6) is -0.186. The third-order valence-corrected chi connectivity index (χ3v) is 4.78. The molecule has 2 heterocycles. The molecule has 0 aromatic heterocycles. The molecule has 2 rings (SSSR count). The molecule has 0 aliphatic carbocycles. The van der Waals surface area contributed by atoms with Gasteiger partial charge >= 0.3 is 5.97 Å². The van der Waals surface area contributed by atoms with Gasteiger partial charge in [0.05, 0.1) is 25.3 Å². The lowest BCUT2D eigenvalue weighted by molar-refractivity contribution is -0.159. The molecule has 0 radical (unpaired) electrons. The Morgan fingerprint density at radius 3 is 2.82 bits per heavy atom. The third-order valence-electron chi connectivity index (χ3n) is 4.78. The fourth-order valence-electron chi connectivity index (χ4n) is 3.81. The Morgan fingerprint density at radius 1 is 1.41 bits per heavy atom. The van der Waals surface area contributed by atoms with Gasteiger partial charge in [-0.1, -0.05) is 0 Å². The van der Waals surface area contributed by atoms with Gasteiger partial charge in [0.2, 0.25) is 0 Å². The average Bonchev–Trinajstić information content (AvgIpc) is 2.46. The van der Waals surface area contributed by atoms with Crippen LogP contribution in [0.25, 0.3) is 0 Å². The zero-order valence-electron chi connectivity index (χ0n) is 13.9. The van der Waals surface area contributed by atoms with Crippen LogP contribution in [-0.2, 0) is 14.3 Å². The molecule has 0 unspecified atom stereocenters. The number of rotatable bonds is 4. The van der Waals surface area contributed by atoms with Crippen molar-refractivity contribution in [2.45, 2.75) is 44.2 Å². The molecule has 22 heavy (non-hydrogen) atoms. The fourth-order valence-corrected chi connectivity index (χ4v) is 3.81. The van der Waals surface area contributed by atoms with Crippen molar-refractivity contribution in [3.63, 3.8) is 0 Å². The van der Waals surface area contributed by atoms with Crippen LogP contribution in [0.4, 0.5) is 0 Å². The van der Waals surface area contributed by atoms with E-state index in [1.165, 1.54) is 7.11 Å². The summed E-state index contributed by atoms with van der Waals surface area (Å²) in [6, 6.07) is 2.22. The van der Waals surface area contributed by atoms with Crippen LogP contribution in [0.5, 0.6) is 0 Å². The number of hydrogen-bond donors (Lipinski definition) is 0. The topological polar surface area (TPSA) is 65.8 Å². The largest absolute Gasteiger partial charge is 0.468 e. The van der Waals surface area contributed by atoms with Crippen LogP contribution in [0, 0.1) is 11.3 Å². The Morgan fingerprint density at radius 2 is 2.18 bits per heavy atom. The Balaban J connectivity index is 2.15. The van der Waals surface area contributed by atoms with Crippen LogP contribution in [-0.4, -0.2) is 73.3 Å². The molecule has 2 saturated heterocycles. The van der Waals surface area contributed by atoms with Crippen LogP contribution in [0.3, 0.4) is 0 Å². The number of carbonyl (C=O) groups excluding carboxylic acids is 1. The van der Waals surface area contributed by atoms with Gasteiger partial charge < -0.3 is 9.47 Å². The molecule has 2 aliphatic heterocycles. The molecular formula is C16H27N3O3. The second-order valence-electron chi connectivity index (χ2n) is 6.94. The Hall–Kier alpha value is -1.16. The van der Waals surface area contributed by atoms with Crippen molar-refractivity contribution in [1.82, 2.24) is 9.80 Å². The van der Waals surface area contributed by atoms with Crippen LogP contribution >= 0.6 is 0 Å². The lowest BCUT2D eigenvalue weighted by Gasteiger charge is -2.55. The minimum atomic E-state index is -0.190. The number of esters is 1. The average molecular weight is 309 g/mol. The van der Waals surface area contributed by atoms with Gasteiger partial charge in [0.25, 0.3) is 0 Å². The van der Waals surface area contributed by atoms with Crippen LogP contribution in [0.1, 0.15) is 33.1 Å². The third kappa shape index (κ3) is 3.97. The van der Waals surface area contributed by atoms with Crippen LogP contribution < -0.4 is 0 Å². The second-order valence-corrected chi connectivity index (χ2v) is 6.94. The summed E-state index contributed by atoms with van der Waals surface area (Å²) in [5.41, 5.74) is -0.255. The molecular weight excluding hydrogens is 282 g/mol. The predicted molar refractivity (Wildman–Crippen MR) is 82.3 cm³/mol. The van der Waals surface area contributed by atoms with Crippen molar-refractivity contribution in [1.29, 1.82) is 5.26 Å². The van der Waals surface area contributed by atoms with Crippen molar-refractivity contribution in [3.05, 3.63) is 0 Å². The summed E-state index contributed by atoms with van der Waals surface area (Å²) in [4.78, 5) is 16.4. The normalized spacial score (nSPS) is 29.2. The van der Waals surface area contributed by atoms with E-state index in [0.717, 1.165) is 39.0 Å². The van der Waals surface area contributed by atoms with Crippen molar-refractivity contribution in [3.8, 4) is 6.07 Å². The highest BCUT2D eigenvalue weighted by Crippen LogP contribution is 2.38. The summed E-state index contributed by atoms with van der Waals surface area (Å²) < 4.78 is 10.7. The van der Waals surface area contributed by atoms with Crippen molar-refractivity contribution in [2.75, 3.05) is 46.4 Å². The fraction of sp³-hybridized carbons (Fsp3) is 0.875. The summed E-state index contributed by atoms with van der Waals surface area (Å²) >= 11 is 0. The van der Waals surface area contributed by atoms with Gasteiger partial charge in [-0.15, -0.1) is 0 Å². The lowest BCUT2D eigenvalue weighted by Crippen LogP contribution is -2.67. The number of hydrogen-bond acceptors (Lipinski definition) is 6. The van der Waals surface area contributed by atoms with E-state index in [-0.39, 0.29) is 17.1 Å². The monoisotopic (exact) mass is 309 g/mol. The maximum Gasteiger partial charge on any atom is 0.319 e. The number of nitrogens with zero attached hydrogens (tertiary/aromatic N) is 3. The molecule has 2 aliphatic rings. The summed E-state index contributed by atoms with van der Waals surface area (Å²) in [6.45, 7) is 8.66. The SMILES string of the molecule is COC(=O)CN1CCN(CCC#N)C[C@]12CCOC(C)(C)C2. The van der Waals surface area contributed by atoms with Crippen LogP contribution in [0.2, 0.25) is 0 Å². The molecule has 0 amide bonds. The Kier molecular flexibility index (Phi) is 5.43. The van der Waals surface area contributed by atoms with Gasteiger partial charge in [-0.2, -0.15) is 5.26 Å². The summed E-state index contributed by atoms with van der Waals surface area (Å²) in [5, 5.41) is 8.82. The number of methoxy groups -OCH3 is 1. The number of piperazine rings is 1. The van der Waals surface area contributed by atoms with E-state index in [9.17, 15) is 4.79 Å². The predicted octanol–water partition coefficient (Wildman–Crippen LogP) is 1.02. The van der Waals surface area contributed by atoms with Gasteiger partial charge in [-0.05, 0) is 26.7 Å². The maximum atomic E-state index is 11.8. The van der Waals surface area contributed by atoms with Gasteiger partial charge in [-0.25, -0.2) is 0 Å². The molecule has 1 spiro atoms. The van der Waals surface area contributed by atoms with E-state index in [1.54, 1.807) is 0 Å². The van der Waals surface area contributed by atoms with Gasteiger partial charge in [0.1, 0.15) is 0 Å². The van der Waals surface area contributed by atoms with E-state index in [4.69, 9.17) is 14.7 Å². The van der Waals surface area contributed by atoms with E-state index in [2.05, 4.69) is 29.7 Å². The van der Waals surface area contributed by atoms with E-state index < -0.39 is 0 Å². The Labute approximate surface area is 133 Å². The van der Waals surface area contributed by atoms with Crippen molar-refractivity contribution in [2.24, 2.45) is 0 Å². The molecule has 0 bridgehead atoms. The van der Waals surface area contributed by atoms with Gasteiger partial charge in [-0.3, -0.25) is 14.6 Å². The minimum absolute atomic E-state index is 0.0658. The highest BCUT2D eigenvalue weighted by Gasteiger charge is 2.48. The Bertz CT molecular complexity index is 446. The zero-order valence-corrected chi connectivity index (χ0v) is 13.9.